The SMILES string of the molecule is COc1ccc(CC(C(=O)NO)N2CCC(N)(c3ccc(OCc4cc(C)nc(C)c4)cc3)C2=O)cc1. The number of amides is 2. The zero-order chi connectivity index (χ0) is 26.6. The predicted octanol–water partition coefficient (Wildman–Crippen LogP) is 2.79. The largest absolute Gasteiger partial charge is 0.497 e. The van der Waals surface area contributed by atoms with E-state index in [-0.39, 0.29) is 18.9 Å². The van der Waals surface area contributed by atoms with Gasteiger partial charge in [0.2, 0.25) is 5.91 Å². The van der Waals surface area contributed by atoms with Crippen LogP contribution in [0.5, 0.6) is 11.5 Å². The average Bonchev–Trinajstić information content (AvgIpc) is 3.20. The Labute approximate surface area is 216 Å². The molecule has 0 radical (unpaired) electrons. The zero-order valence-electron chi connectivity index (χ0n) is 21.2. The second-order valence-electron chi connectivity index (χ2n) is 9.34. The van der Waals surface area contributed by atoms with E-state index in [2.05, 4.69) is 4.98 Å². The van der Waals surface area contributed by atoms with Crippen LogP contribution < -0.4 is 20.7 Å². The van der Waals surface area contributed by atoms with Crippen molar-refractivity contribution in [3.05, 3.63) is 88.7 Å². The molecular weight excluding hydrogens is 472 g/mol. The van der Waals surface area contributed by atoms with Crippen LogP contribution in [0, 0.1) is 13.8 Å². The van der Waals surface area contributed by atoms with Crippen LogP contribution in [0.1, 0.15) is 34.5 Å². The minimum Gasteiger partial charge on any atom is -0.497 e. The van der Waals surface area contributed by atoms with Crippen molar-refractivity contribution >= 4 is 11.8 Å². The monoisotopic (exact) mass is 504 g/mol. The third kappa shape index (κ3) is 5.73. The lowest BCUT2D eigenvalue weighted by atomic mass is 9.89. The second-order valence-corrected chi connectivity index (χ2v) is 9.34. The smallest absolute Gasteiger partial charge is 0.266 e. The molecule has 0 spiro atoms. The van der Waals surface area contributed by atoms with E-state index in [9.17, 15) is 14.8 Å². The number of hydrogen-bond donors (Lipinski definition) is 3. The van der Waals surface area contributed by atoms with Gasteiger partial charge in [-0.3, -0.25) is 19.8 Å². The molecule has 1 aromatic heterocycles. The van der Waals surface area contributed by atoms with Gasteiger partial charge >= 0.3 is 0 Å². The van der Waals surface area contributed by atoms with Gasteiger partial charge < -0.3 is 20.1 Å². The lowest BCUT2D eigenvalue weighted by Crippen LogP contribution is -2.52. The first kappa shape index (κ1) is 26.1. The molecule has 0 bridgehead atoms. The van der Waals surface area contributed by atoms with Crippen molar-refractivity contribution in [3.8, 4) is 11.5 Å². The summed E-state index contributed by atoms with van der Waals surface area (Å²) in [4.78, 5) is 31.9. The molecule has 0 aliphatic carbocycles. The molecular formula is C28H32N4O5. The predicted molar refractivity (Wildman–Crippen MR) is 137 cm³/mol. The molecule has 1 saturated heterocycles. The summed E-state index contributed by atoms with van der Waals surface area (Å²) in [5, 5.41) is 9.35. The highest BCUT2D eigenvalue weighted by Crippen LogP contribution is 2.34. The lowest BCUT2D eigenvalue weighted by molar-refractivity contribution is -0.144. The van der Waals surface area contributed by atoms with Crippen molar-refractivity contribution in [3.63, 3.8) is 0 Å². The van der Waals surface area contributed by atoms with Gasteiger partial charge in [-0.25, -0.2) is 5.48 Å². The molecule has 2 heterocycles. The maximum absolute atomic E-state index is 13.5. The van der Waals surface area contributed by atoms with Gasteiger partial charge in [0.25, 0.3) is 5.91 Å². The molecule has 2 unspecified atom stereocenters. The number of nitrogens with zero attached hydrogens (tertiary/aromatic N) is 2. The Bertz CT molecular complexity index is 1240. The fourth-order valence-corrected chi connectivity index (χ4v) is 4.75. The van der Waals surface area contributed by atoms with Crippen molar-refractivity contribution in [1.29, 1.82) is 0 Å². The van der Waals surface area contributed by atoms with Crippen LogP contribution >= 0.6 is 0 Å². The van der Waals surface area contributed by atoms with Crippen LogP contribution in [0.2, 0.25) is 0 Å². The number of benzene rings is 2. The van der Waals surface area contributed by atoms with Crippen molar-refractivity contribution < 1.29 is 24.3 Å². The topological polar surface area (TPSA) is 127 Å². The quantitative estimate of drug-likeness (QED) is 0.302. The molecule has 2 amide bonds. The molecule has 4 rings (SSSR count). The summed E-state index contributed by atoms with van der Waals surface area (Å²) in [6.07, 6.45) is 0.554. The van der Waals surface area contributed by atoms with Crippen LogP contribution in [0.4, 0.5) is 0 Å². The lowest BCUT2D eigenvalue weighted by Gasteiger charge is -2.29. The number of methoxy groups -OCH3 is 1. The number of likely N-dealkylation sites (tertiary alicyclic amines) is 1. The number of carbonyl (C=O) groups excluding carboxylic acids is 2. The summed E-state index contributed by atoms with van der Waals surface area (Å²) in [5.41, 5.74) is 11.4. The molecule has 1 aliphatic heterocycles. The fourth-order valence-electron chi connectivity index (χ4n) is 4.75. The first-order chi connectivity index (χ1) is 17.7. The molecule has 37 heavy (non-hydrogen) atoms. The van der Waals surface area contributed by atoms with Crippen LogP contribution in [0.3, 0.4) is 0 Å². The van der Waals surface area contributed by atoms with Gasteiger partial charge in [0.05, 0.1) is 7.11 Å². The van der Waals surface area contributed by atoms with Gasteiger partial charge in [-0.1, -0.05) is 24.3 Å². The minimum absolute atomic E-state index is 0.221. The second kappa shape index (κ2) is 11.0. The third-order valence-electron chi connectivity index (χ3n) is 6.68. The highest BCUT2D eigenvalue weighted by molar-refractivity contribution is 5.94. The number of hydroxylamine groups is 1. The van der Waals surface area contributed by atoms with Crippen molar-refractivity contribution in [2.75, 3.05) is 13.7 Å². The summed E-state index contributed by atoms with van der Waals surface area (Å²) in [7, 11) is 1.57. The van der Waals surface area contributed by atoms with E-state index >= 15 is 0 Å². The van der Waals surface area contributed by atoms with Crippen molar-refractivity contribution in [2.45, 2.75) is 44.9 Å². The van der Waals surface area contributed by atoms with Gasteiger partial charge in [0.1, 0.15) is 29.7 Å². The standard InChI is InChI=1S/C28H32N4O5/c1-18-14-21(15-19(2)30-18)17-37-24-10-6-22(7-11-24)28(29)12-13-32(27(28)34)25(26(33)31-35)16-20-4-8-23(36-3)9-5-20/h4-11,14-15,25,35H,12-13,16-17,29H2,1-3H3,(H,31,33). The molecule has 9 heteroatoms. The Morgan fingerprint density at radius 3 is 2.30 bits per heavy atom. The summed E-state index contributed by atoms with van der Waals surface area (Å²) >= 11 is 0. The number of ether oxygens (including phenoxy) is 2. The number of rotatable bonds is 9. The fraction of sp³-hybridized carbons (Fsp3) is 0.321. The summed E-state index contributed by atoms with van der Waals surface area (Å²) in [6.45, 7) is 4.56. The summed E-state index contributed by atoms with van der Waals surface area (Å²) < 4.78 is 11.1. The van der Waals surface area contributed by atoms with E-state index in [0.717, 1.165) is 22.5 Å². The number of nitrogens with two attached hydrogens (primary N) is 1. The molecule has 4 N–H and O–H groups in total. The first-order valence-electron chi connectivity index (χ1n) is 12.1. The molecule has 194 valence electrons. The summed E-state index contributed by atoms with van der Waals surface area (Å²) in [6, 6.07) is 17.4. The van der Waals surface area contributed by atoms with E-state index in [1.807, 2.05) is 38.1 Å². The average molecular weight is 505 g/mol. The third-order valence-corrected chi connectivity index (χ3v) is 6.68. The van der Waals surface area contributed by atoms with E-state index < -0.39 is 17.5 Å². The Kier molecular flexibility index (Phi) is 7.75. The molecule has 2 atom stereocenters. The molecule has 2 aromatic carbocycles. The number of nitrogens with one attached hydrogen (secondary N) is 1. The highest BCUT2D eigenvalue weighted by Gasteiger charge is 2.48. The van der Waals surface area contributed by atoms with Crippen LogP contribution in [-0.2, 0) is 28.2 Å². The van der Waals surface area contributed by atoms with E-state index in [1.165, 1.54) is 4.90 Å². The zero-order valence-corrected chi connectivity index (χ0v) is 21.2. The molecule has 9 nitrogen and oxygen atoms in total. The minimum atomic E-state index is -1.29. The van der Waals surface area contributed by atoms with Crippen LogP contribution in [0.15, 0.2) is 60.7 Å². The molecule has 1 aliphatic rings. The van der Waals surface area contributed by atoms with Gasteiger partial charge in [-0.05, 0) is 73.4 Å². The number of aryl methyl sites for hydroxylation is 2. The van der Waals surface area contributed by atoms with Crippen molar-refractivity contribution in [1.82, 2.24) is 15.4 Å². The highest BCUT2D eigenvalue weighted by atomic mass is 16.5. The Morgan fingerprint density at radius 1 is 1.08 bits per heavy atom. The van der Waals surface area contributed by atoms with E-state index in [4.69, 9.17) is 15.2 Å². The van der Waals surface area contributed by atoms with Crippen LogP contribution in [0.25, 0.3) is 0 Å². The summed E-state index contributed by atoms with van der Waals surface area (Å²) in [5.74, 6) is 0.298. The van der Waals surface area contributed by atoms with Gasteiger partial charge in [0, 0.05) is 24.4 Å². The maximum atomic E-state index is 13.5. The molecule has 1 fully saturated rings. The van der Waals surface area contributed by atoms with Gasteiger partial charge in [-0.15, -0.1) is 0 Å². The molecule has 0 saturated carbocycles. The Hall–Kier alpha value is -3.95. The number of pyridine rings is 1. The van der Waals surface area contributed by atoms with Gasteiger partial charge in [0.15, 0.2) is 0 Å². The maximum Gasteiger partial charge on any atom is 0.266 e. The van der Waals surface area contributed by atoms with Crippen LogP contribution in [-0.4, -0.2) is 46.6 Å². The Balaban J connectivity index is 1.47. The normalized spacial score (nSPS) is 18.0. The number of aromatic nitrogens is 1. The first-order valence-corrected chi connectivity index (χ1v) is 12.1. The molecule has 3 aromatic rings. The Morgan fingerprint density at radius 2 is 1.70 bits per heavy atom. The van der Waals surface area contributed by atoms with Gasteiger partial charge in [-0.2, -0.15) is 0 Å². The van der Waals surface area contributed by atoms with E-state index in [0.29, 0.717) is 30.1 Å². The number of carbonyl (C=O) groups is 2. The number of hydrogen-bond acceptors (Lipinski definition) is 7. The van der Waals surface area contributed by atoms with E-state index in [1.54, 1.807) is 49.0 Å². The van der Waals surface area contributed by atoms with Crippen molar-refractivity contribution in [2.24, 2.45) is 5.73 Å².